The second-order valence-electron chi connectivity index (χ2n) is 9.45. The molecule has 3 aromatic carbocycles. The Bertz CT molecular complexity index is 1060. The van der Waals surface area contributed by atoms with Crippen molar-refractivity contribution in [2.24, 2.45) is 4.99 Å². The number of carbonyl (C=O) groups is 1. The summed E-state index contributed by atoms with van der Waals surface area (Å²) in [4.78, 5) is 19.0. The van der Waals surface area contributed by atoms with Gasteiger partial charge in [0.25, 0.3) is 0 Å². The Morgan fingerprint density at radius 3 is 1.83 bits per heavy atom. The molecule has 0 saturated heterocycles. The van der Waals surface area contributed by atoms with E-state index in [-0.39, 0.29) is 12.8 Å². The lowest BCUT2D eigenvalue weighted by molar-refractivity contribution is -0.161. The zero-order valence-electron chi connectivity index (χ0n) is 21.3. The Kier molecular flexibility index (Phi) is 8.83. The van der Waals surface area contributed by atoms with E-state index in [9.17, 15) is 4.79 Å². The molecule has 0 spiro atoms. The summed E-state index contributed by atoms with van der Waals surface area (Å²) in [6.07, 6.45) is 0.874. The van der Waals surface area contributed by atoms with Crippen molar-refractivity contribution in [1.29, 1.82) is 0 Å². The van der Waals surface area contributed by atoms with Crippen molar-refractivity contribution >= 4 is 11.7 Å². The highest BCUT2D eigenvalue weighted by Gasteiger charge is 2.41. The Labute approximate surface area is 208 Å². The maximum absolute atomic E-state index is 13.8. The van der Waals surface area contributed by atoms with Crippen molar-refractivity contribution < 1.29 is 19.0 Å². The normalized spacial score (nSPS) is 12.9. The molecule has 35 heavy (non-hydrogen) atoms. The summed E-state index contributed by atoms with van der Waals surface area (Å²) < 4.78 is 16.4. The molecular weight excluding hydrogens is 438 g/mol. The van der Waals surface area contributed by atoms with Crippen molar-refractivity contribution in [2.45, 2.75) is 51.7 Å². The summed E-state index contributed by atoms with van der Waals surface area (Å²) in [6, 6.07) is 27.6. The zero-order valence-corrected chi connectivity index (χ0v) is 21.3. The molecule has 5 heteroatoms. The molecule has 5 nitrogen and oxygen atoms in total. The second-order valence-corrected chi connectivity index (χ2v) is 9.45. The molecule has 0 bridgehead atoms. The number of esters is 1. The van der Waals surface area contributed by atoms with Crippen molar-refractivity contribution in [2.75, 3.05) is 13.9 Å². The minimum atomic E-state index is -1.11. The van der Waals surface area contributed by atoms with Gasteiger partial charge < -0.3 is 14.2 Å². The summed E-state index contributed by atoms with van der Waals surface area (Å²) in [5.74, 6) is 0.365. The van der Waals surface area contributed by atoms with E-state index in [4.69, 9.17) is 19.2 Å². The average Bonchev–Trinajstić information content (AvgIpc) is 2.86. The Balaban J connectivity index is 2.11. The molecule has 0 radical (unpaired) electrons. The van der Waals surface area contributed by atoms with Gasteiger partial charge in [0, 0.05) is 24.7 Å². The van der Waals surface area contributed by atoms with Crippen molar-refractivity contribution in [3.63, 3.8) is 0 Å². The van der Waals surface area contributed by atoms with Crippen LogP contribution in [0.5, 0.6) is 5.75 Å². The van der Waals surface area contributed by atoms with Crippen LogP contribution in [0.4, 0.5) is 0 Å². The fourth-order valence-electron chi connectivity index (χ4n) is 3.75. The summed E-state index contributed by atoms with van der Waals surface area (Å²) in [5.41, 5.74) is 1.88. The van der Waals surface area contributed by atoms with Crippen LogP contribution in [0, 0.1) is 0 Å². The lowest BCUT2D eigenvalue weighted by Crippen LogP contribution is -2.44. The maximum Gasteiger partial charge on any atom is 0.334 e. The van der Waals surface area contributed by atoms with Crippen LogP contribution in [0.2, 0.25) is 0 Å². The van der Waals surface area contributed by atoms with E-state index < -0.39 is 11.1 Å². The summed E-state index contributed by atoms with van der Waals surface area (Å²) >= 11 is 0. The van der Waals surface area contributed by atoms with Gasteiger partial charge in [-0.3, -0.25) is 4.99 Å². The third kappa shape index (κ3) is 7.27. The minimum absolute atomic E-state index is 0.179. The molecule has 3 rings (SSSR count). The molecule has 1 atom stereocenters. The number of hydrogen-bond acceptors (Lipinski definition) is 5. The summed E-state index contributed by atoms with van der Waals surface area (Å²) in [5, 5.41) is 0. The molecule has 0 fully saturated rings. The van der Waals surface area contributed by atoms with E-state index in [1.165, 1.54) is 0 Å². The highest BCUT2D eigenvalue weighted by Crippen LogP contribution is 2.29. The van der Waals surface area contributed by atoms with Gasteiger partial charge in [-0.1, -0.05) is 79.7 Å². The first-order valence-corrected chi connectivity index (χ1v) is 11.9. The van der Waals surface area contributed by atoms with Gasteiger partial charge in [0.05, 0.1) is 5.71 Å². The van der Waals surface area contributed by atoms with Crippen LogP contribution in [-0.2, 0) is 20.7 Å². The topological polar surface area (TPSA) is 57.1 Å². The minimum Gasteiger partial charge on any atom is -0.468 e. The van der Waals surface area contributed by atoms with Gasteiger partial charge in [0.2, 0.25) is 0 Å². The molecule has 0 amide bonds. The predicted molar refractivity (Wildman–Crippen MR) is 140 cm³/mol. The standard InChI is InChI=1S/C30H35NO4/c1-6-30(28(32)35-29(2,3)4,21-23-17-19-26(20-18-23)34-22-33-5)31-27(24-13-9-7-10-14-24)25-15-11-8-12-16-25/h7-20H,6,21-22H2,1-5H3. The van der Waals surface area contributed by atoms with Gasteiger partial charge in [-0.15, -0.1) is 0 Å². The lowest BCUT2D eigenvalue weighted by atomic mass is 9.87. The predicted octanol–water partition coefficient (Wildman–Crippen LogP) is 6.24. The van der Waals surface area contributed by atoms with Crippen LogP contribution in [-0.4, -0.2) is 36.7 Å². The van der Waals surface area contributed by atoms with E-state index in [0.717, 1.165) is 22.4 Å². The molecule has 0 N–H and O–H groups in total. The first-order valence-electron chi connectivity index (χ1n) is 11.9. The van der Waals surface area contributed by atoms with Gasteiger partial charge in [-0.05, 0) is 44.9 Å². The van der Waals surface area contributed by atoms with Gasteiger partial charge in [0.15, 0.2) is 12.3 Å². The SMILES string of the molecule is CCC(Cc1ccc(OCOC)cc1)(N=C(c1ccccc1)c1ccccc1)C(=O)OC(C)(C)C. The number of benzene rings is 3. The van der Waals surface area contributed by atoms with Gasteiger partial charge in [-0.2, -0.15) is 0 Å². The van der Waals surface area contributed by atoms with Crippen LogP contribution in [0.25, 0.3) is 0 Å². The van der Waals surface area contributed by atoms with Crippen LogP contribution >= 0.6 is 0 Å². The third-order valence-electron chi connectivity index (χ3n) is 5.55. The highest BCUT2D eigenvalue weighted by atomic mass is 16.7. The second kappa shape index (κ2) is 11.8. The molecule has 0 aliphatic carbocycles. The first kappa shape index (κ1) is 26.2. The number of methoxy groups -OCH3 is 1. The van der Waals surface area contributed by atoms with E-state index >= 15 is 0 Å². The number of carbonyl (C=O) groups excluding carboxylic acids is 1. The molecule has 3 aromatic rings. The third-order valence-corrected chi connectivity index (χ3v) is 5.55. The largest absolute Gasteiger partial charge is 0.468 e. The number of nitrogens with zero attached hydrogens (tertiary/aromatic N) is 1. The van der Waals surface area contributed by atoms with Crippen molar-refractivity contribution in [3.8, 4) is 5.75 Å². The quantitative estimate of drug-likeness (QED) is 0.199. The molecule has 0 heterocycles. The Morgan fingerprint density at radius 2 is 1.37 bits per heavy atom. The monoisotopic (exact) mass is 473 g/mol. The highest BCUT2D eigenvalue weighted by molar-refractivity contribution is 6.13. The Hall–Kier alpha value is -3.44. The summed E-state index contributed by atoms with van der Waals surface area (Å²) in [7, 11) is 1.58. The number of aliphatic imine (C=N–C) groups is 1. The first-order chi connectivity index (χ1) is 16.8. The number of rotatable bonds is 10. The van der Waals surface area contributed by atoms with E-state index in [0.29, 0.717) is 18.6 Å². The lowest BCUT2D eigenvalue weighted by Gasteiger charge is -2.32. The van der Waals surface area contributed by atoms with Crippen LogP contribution in [0.15, 0.2) is 89.9 Å². The van der Waals surface area contributed by atoms with Gasteiger partial charge in [0.1, 0.15) is 11.4 Å². The number of ether oxygens (including phenoxy) is 3. The van der Waals surface area contributed by atoms with Crippen LogP contribution in [0.3, 0.4) is 0 Å². The average molecular weight is 474 g/mol. The smallest absolute Gasteiger partial charge is 0.334 e. The molecular formula is C30H35NO4. The van der Waals surface area contributed by atoms with Gasteiger partial charge in [-0.25, -0.2) is 4.79 Å². The summed E-state index contributed by atoms with van der Waals surface area (Å²) in [6.45, 7) is 7.81. The molecule has 0 aliphatic heterocycles. The van der Waals surface area contributed by atoms with E-state index in [2.05, 4.69) is 0 Å². The fourth-order valence-corrected chi connectivity index (χ4v) is 3.75. The molecule has 0 saturated carbocycles. The van der Waals surface area contributed by atoms with E-state index in [1.807, 2.05) is 113 Å². The van der Waals surface area contributed by atoms with Crippen molar-refractivity contribution in [3.05, 3.63) is 102 Å². The fraction of sp³-hybridized carbons (Fsp3) is 0.333. The maximum atomic E-state index is 13.8. The van der Waals surface area contributed by atoms with Crippen LogP contribution < -0.4 is 4.74 Å². The van der Waals surface area contributed by atoms with Crippen LogP contribution in [0.1, 0.15) is 50.8 Å². The molecule has 184 valence electrons. The molecule has 1 unspecified atom stereocenters. The molecule has 0 aliphatic rings. The molecule has 0 aromatic heterocycles. The zero-order chi connectivity index (χ0) is 25.3. The Morgan fingerprint density at radius 1 is 0.829 bits per heavy atom. The number of hydrogen-bond donors (Lipinski definition) is 0. The van der Waals surface area contributed by atoms with Gasteiger partial charge >= 0.3 is 5.97 Å². The van der Waals surface area contributed by atoms with Crippen molar-refractivity contribution in [1.82, 2.24) is 0 Å². The van der Waals surface area contributed by atoms with E-state index in [1.54, 1.807) is 7.11 Å².